The number of nitrogens with zero attached hydrogens (tertiary/aromatic N) is 5. The van der Waals surface area contributed by atoms with Crippen molar-refractivity contribution in [3.63, 3.8) is 0 Å². The highest BCUT2D eigenvalue weighted by Crippen LogP contribution is 2.09. The lowest BCUT2D eigenvalue weighted by Crippen LogP contribution is -2.22. The summed E-state index contributed by atoms with van der Waals surface area (Å²) < 4.78 is 0.898. The van der Waals surface area contributed by atoms with Gasteiger partial charge in [-0.1, -0.05) is 6.07 Å². The zero-order valence-electron chi connectivity index (χ0n) is 13.6. The second kappa shape index (κ2) is 6.87. The molecule has 2 rings (SSSR count). The Morgan fingerprint density at radius 1 is 1.22 bits per heavy atom. The van der Waals surface area contributed by atoms with Crippen LogP contribution in [0.4, 0.5) is 0 Å². The second-order valence-electron chi connectivity index (χ2n) is 5.26. The van der Waals surface area contributed by atoms with Gasteiger partial charge in [-0.05, 0) is 36.8 Å². The van der Waals surface area contributed by atoms with Gasteiger partial charge in [0, 0.05) is 32.9 Å². The highest BCUT2D eigenvalue weighted by atomic mass is 16.5. The molecule has 0 aromatic carbocycles. The lowest BCUT2D eigenvalue weighted by atomic mass is 10.1. The van der Waals surface area contributed by atoms with Gasteiger partial charge in [0.15, 0.2) is 5.49 Å². The summed E-state index contributed by atoms with van der Waals surface area (Å²) in [6, 6.07) is 3.52. The van der Waals surface area contributed by atoms with Gasteiger partial charge >= 0.3 is 0 Å². The average molecular weight is 313 g/mol. The summed E-state index contributed by atoms with van der Waals surface area (Å²) in [5.74, 6) is -0.314. The number of amides is 1. The zero-order valence-corrected chi connectivity index (χ0v) is 13.6. The van der Waals surface area contributed by atoms with E-state index in [1.165, 1.54) is 13.1 Å². The number of aromatic nitrogens is 1. The Bertz CT molecular complexity index is 787. The maximum Gasteiger partial charge on any atom is 0.243 e. The minimum atomic E-state index is -0.314. The fourth-order valence-corrected chi connectivity index (χ4v) is 1.95. The summed E-state index contributed by atoms with van der Waals surface area (Å²) in [6.07, 6.45) is 6.83. The second-order valence-corrected chi connectivity index (χ2v) is 5.26. The third kappa shape index (κ3) is 4.03. The molecule has 120 valence electrons. The molecular weight excluding hydrogens is 294 g/mol. The molecule has 0 fully saturated rings. The van der Waals surface area contributed by atoms with Crippen molar-refractivity contribution in [3.05, 3.63) is 53.3 Å². The van der Waals surface area contributed by atoms with Crippen molar-refractivity contribution in [2.24, 2.45) is 15.2 Å². The van der Waals surface area contributed by atoms with E-state index in [1.807, 2.05) is 38.1 Å². The van der Waals surface area contributed by atoms with Crippen LogP contribution in [0.5, 0.6) is 0 Å². The van der Waals surface area contributed by atoms with Gasteiger partial charge in [-0.25, -0.2) is 4.99 Å². The van der Waals surface area contributed by atoms with E-state index in [4.69, 9.17) is 0 Å². The highest BCUT2D eigenvalue weighted by Gasteiger charge is 2.12. The predicted octanol–water partition coefficient (Wildman–Crippen LogP) is 1.29. The van der Waals surface area contributed by atoms with Crippen molar-refractivity contribution in [2.45, 2.75) is 13.8 Å². The normalized spacial score (nSPS) is 18.4. The quantitative estimate of drug-likeness (QED) is 0.507. The van der Waals surface area contributed by atoms with Crippen molar-refractivity contribution in [1.29, 1.82) is 0 Å². The third-order valence-electron chi connectivity index (χ3n) is 3.15. The molecule has 0 atom stereocenters. The number of aliphatic imine (C=N–C) groups is 1. The van der Waals surface area contributed by atoms with Crippen molar-refractivity contribution in [3.8, 4) is 0 Å². The highest BCUT2D eigenvalue weighted by molar-refractivity contribution is 6.52. The van der Waals surface area contributed by atoms with Crippen LogP contribution in [0.2, 0.25) is 0 Å². The zero-order chi connectivity index (χ0) is 17.0. The number of rotatable bonds is 2. The summed E-state index contributed by atoms with van der Waals surface area (Å²) >= 11 is 0. The molecule has 1 aliphatic carbocycles. The Morgan fingerprint density at radius 2 is 1.96 bits per heavy atom. The van der Waals surface area contributed by atoms with E-state index in [-0.39, 0.29) is 5.91 Å². The number of hydrogen-bond acceptors (Lipinski definition) is 5. The first kappa shape index (κ1) is 16.4. The molecule has 23 heavy (non-hydrogen) atoms. The van der Waals surface area contributed by atoms with Crippen LogP contribution in [0.15, 0.2) is 57.4 Å². The van der Waals surface area contributed by atoms with Crippen LogP contribution in [0.3, 0.4) is 0 Å². The van der Waals surface area contributed by atoms with Crippen LogP contribution < -0.4 is 5.49 Å². The van der Waals surface area contributed by atoms with Crippen molar-refractivity contribution < 1.29 is 10.0 Å². The molecule has 1 heterocycles. The lowest BCUT2D eigenvalue weighted by Gasteiger charge is -2.17. The Labute approximate surface area is 134 Å². The van der Waals surface area contributed by atoms with Crippen LogP contribution >= 0.6 is 0 Å². The topological polar surface area (TPSA) is 82.5 Å². The van der Waals surface area contributed by atoms with E-state index < -0.39 is 0 Å². The fraction of sp³-hybridized carbons (Fsp3) is 0.250. The molecular formula is C16H19N5O2. The van der Waals surface area contributed by atoms with Crippen LogP contribution in [-0.2, 0) is 4.79 Å². The van der Waals surface area contributed by atoms with Gasteiger partial charge in [0.2, 0.25) is 5.91 Å². The van der Waals surface area contributed by atoms with E-state index >= 15 is 0 Å². The van der Waals surface area contributed by atoms with Crippen molar-refractivity contribution >= 4 is 17.3 Å². The van der Waals surface area contributed by atoms with Gasteiger partial charge in [-0.2, -0.15) is 4.73 Å². The van der Waals surface area contributed by atoms with E-state index in [0.29, 0.717) is 16.9 Å². The average Bonchev–Trinajstić information content (AvgIpc) is 2.47. The van der Waals surface area contributed by atoms with Gasteiger partial charge in [0.25, 0.3) is 0 Å². The molecule has 7 nitrogen and oxygen atoms in total. The maximum atomic E-state index is 11.3. The van der Waals surface area contributed by atoms with E-state index in [1.54, 1.807) is 18.2 Å². The molecule has 0 saturated heterocycles. The van der Waals surface area contributed by atoms with Crippen LogP contribution in [0, 0.1) is 6.92 Å². The van der Waals surface area contributed by atoms with E-state index in [0.717, 1.165) is 16.0 Å². The molecule has 0 unspecified atom stereocenters. The number of hydrogen-bond donors (Lipinski definition) is 1. The molecule has 0 spiro atoms. The van der Waals surface area contributed by atoms with Gasteiger partial charge < -0.3 is 10.1 Å². The monoisotopic (exact) mass is 313 g/mol. The maximum absolute atomic E-state index is 11.3. The minimum Gasteiger partial charge on any atom is -0.427 e. The molecule has 0 aliphatic heterocycles. The summed E-state index contributed by atoms with van der Waals surface area (Å²) in [6.45, 7) is 3.20. The lowest BCUT2D eigenvalue weighted by molar-refractivity contribution is -0.115. The predicted molar refractivity (Wildman–Crippen MR) is 88.4 cm³/mol. The fourth-order valence-electron chi connectivity index (χ4n) is 1.95. The van der Waals surface area contributed by atoms with Crippen LogP contribution in [0.1, 0.15) is 12.5 Å². The van der Waals surface area contributed by atoms with Gasteiger partial charge in [-0.15, -0.1) is 10.2 Å². The summed E-state index contributed by atoms with van der Waals surface area (Å²) in [4.78, 5) is 17.2. The van der Waals surface area contributed by atoms with Crippen LogP contribution in [-0.4, -0.2) is 46.3 Å². The molecule has 1 aromatic rings. The standard InChI is InChI=1S/C16H19N5O2/c1-11-6-5-9-21(23)16(11)19-18-14-8-7-13(20(3)4)10-15(14)17-12(2)22/h5-10,23H,1-4H3/b17-15?,18-14-,19-16-. The number of aryl methyl sites for hydroxylation is 1. The van der Waals surface area contributed by atoms with E-state index in [2.05, 4.69) is 15.2 Å². The Morgan fingerprint density at radius 3 is 2.57 bits per heavy atom. The number of likely N-dealkylation sites (N-methyl/N-ethyl adjacent to an activating group) is 1. The molecule has 1 N–H and O–H groups in total. The summed E-state index contributed by atoms with van der Waals surface area (Å²) in [7, 11) is 3.80. The first-order chi connectivity index (χ1) is 10.9. The van der Waals surface area contributed by atoms with Gasteiger partial charge in [0.1, 0.15) is 5.71 Å². The molecule has 1 aliphatic rings. The minimum absolute atomic E-state index is 0.314. The Hall–Kier alpha value is -2.96. The van der Waals surface area contributed by atoms with Crippen molar-refractivity contribution in [2.75, 3.05) is 14.1 Å². The number of carbonyl (C=O) groups excluding carboxylic acids is 1. The van der Waals surface area contributed by atoms with Gasteiger partial charge in [0.05, 0.1) is 5.71 Å². The number of pyridine rings is 1. The third-order valence-corrected chi connectivity index (χ3v) is 3.15. The van der Waals surface area contributed by atoms with Gasteiger partial charge in [-0.3, -0.25) is 4.79 Å². The molecule has 0 saturated carbocycles. The number of allylic oxidation sites excluding steroid dienone is 3. The van der Waals surface area contributed by atoms with Crippen LogP contribution in [0.25, 0.3) is 0 Å². The van der Waals surface area contributed by atoms with E-state index in [9.17, 15) is 10.0 Å². The first-order valence-corrected chi connectivity index (χ1v) is 7.04. The molecule has 7 heteroatoms. The molecule has 0 radical (unpaired) electrons. The first-order valence-electron chi connectivity index (χ1n) is 7.04. The summed E-state index contributed by atoms with van der Waals surface area (Å²) in [5, 5.41) is 18.0. The molecule has 1 aromatic heterocycles. The SMILES string of the molecule is CC(=O)N=C1C=C(N(C)C)C=C/C1=N/N=c1/c(C)cccn1O. The molecule has 1 amide bonds. The largest absolute Gasteiger partial charge is 0.427 e. The Kier molecular flexibility index (Phi) is 4.90. The van der Waals surface area contributed by atoms with Crippen molar-refractivity contribution in [1.82, 2.24) is 9.63 Å². The number of carbonyl (C=O) groups is 1. The summed E-state index contributed by atoms with van der Waals surface area (Å²) in [5.41, 5.74) is 2.88. The smallest absolute Gasteiger partial charge is 0.243 e. The Balaban J connectivity index is 2.50. The molecule has 0 bridgehead atoms.